The predicted molar refractivity (Wildman–Crippen MR) is 104 cm³/mol. The summed E-state index contributed by atoms with van der Waals surface area (Å²) in [6.45, 7) is 3.67. The molecule has 0 aliphatic rings. The highest BCUT2D eigenvalue weighted by Crippen LogP contribution is 2.23. The summed E-state index contributed by atoms with van der Waals surface area (Å²) in [6, 6.07) is 11.6. The summed E-state index contributed by atoms with van der Waals surface area (Å²) in [5, 5.41) is 7.71. The Labute approximate surface area is 153 Å². The molecule has 2 rings (SSSR count). The fourth-order valence-electron chi connectivity index (χ4n) is 2.69. The molecule has 1 aromatic carbocycles. The van der Waals surface area contributed by atoms with E-state index in [-0.39, 0.29) is 24.3 Å². The van der Waals surface area contributed by atoms with Gasteiger partial charge in [0.1, 0.15) is 0 Å². The van der Waals surface area contributed by atoms with Gasteiger partial charge in [0.15, 0.2) is 0 Å². The molecule has 0 radical (unpaired) electrons. The molecule has 2 aromatic rings. The van der Waals surface area contributed by atoms with E-state index < -0.39 is 0 Å². The number of benzene rings is 1. The molecule has 4 nitrogen and oxygen atoms in total. The first kappa shape index (κ1) is 19.2. The number of carbonyl (C=O) groups is 2. The molecule has 0 spiro atoms. The number of aryl methyl sites for hydroxylation is 1. The van der Waals surface area contributed by atoms with Crippen molar-refractivity contribution >= 4 is 28.8 Å². The van der Waals surface area contributed by atoms with Gasteiger partial charge in [0.25, 0.3) is 0 Å². The molecule has 0 saturated heterocycles. The second kappa shape index (κ2) is 9.99. The molecular weight excluding hydrogens is 332 g/mol. The van der Waals surface area contributed by atoms with Crippen molar-refractivity contribution in [2.45, 2.75) is 52.0 Å². The molecule has 2 N–H and O–H groups in total. The molecule has 25 heavy (non-hydrogen) atoms. The monoisotopic (exact) mass is 358 g/mol. The van der Waals surface area contributed by atoms with Crippen molar-refractivity contribution < 1.29 is 9.59 Å². The first-order valence-electron chi connectivity index (χ1n) is 8.77. The number of nitrogens with one attached hydrogen (secondary N) is 2. The van der Waals surface area contributed by atoms with E-state index >= 15 is 0 Å². The van der Waals surface area contributed by atoms with Gasteiger partial charge in [-0.15, -0.1) is 11.3 Å². The highest BCUT2D eigenvalue weighted by atomic mass is 32.1. The fourth-order valence-corrected chi connectivity index (χ4v) is 3.47. The minimum Gasteiger partial charge on any atom is -0.348 e. The standard InChI is InChI=1S/C20H26N2O2S/c1-3-4-5-7-16-9-11-17(12-10-16)22-20(24)14-18(21-15(2)23)19-8-6-13-25-19/h6,8-13,18H,3-5,7,14H2,1-2H3,(H,21,23)(H,22,24). The van der Waals surface area contributed by atoms with E-state index in [1.165, 1.54) is 43.1 Å². The van der Waals surface area contributed by atoms with Crippen molar-refractivity contribution in [3.05, 3.63) is 52.2 Å². The summed E-state index contributed by atoms with van der Waals surface area (Å²) in [7, 11) is 0. The van der Waals surface area contributed by atoms with Crippen molar-refractivity contribution in [1.29, 1.82) is 0 Å². The molecule has 5 heteroatoms. The Bertz CT molecular complexity index is 666. The second-order valence-electron chi connectivity index (χ2n) is 6.17. The maximum Gasteiger partial charge on any atom is 0.226 e. The Hall–Kier alpha value is -2.14. The van der Waals surface area contributed by atoms with Crippen molar-refractivity contribution in [3.63, 3.8) is 0 Å². The number of unbranched alkanes of at least 4 members (excludes halogenated alkanes) is 2. The Balaban J connectivity index is 1.90. The number of thiophene rings is 1. The van der Waals surface area contributed by atoms with Gasteiger partial charge in [0.2, 0.25) is 11.8 Å². The van der Waals surface area contributed by atoms with E-state index in [1.54, 1.807) is 0 Å². The molecule has 1 aromatic heterocycles. The molecule has 1 unspecified atom stereocenters. The molecule has 0 saturated carbocycles. The zero-order valence-corrected chi connectivity index (χ0v) is 15.7. The summed E-state index contributed by atoms with van der Waals surface area (Å²) < 4.78 is 0. The van der Waals surface area contributed by atoms with Gasteiger partial charge >= 0.3 is 0 Å². The molecule has 1 atom stereocenters. The van der Waals surface area contributed by atoms with Crippen molar-refractivity contribution in [3.8, 4) is 0 Å². The number of amides is 2. The number of anilines is 1. The number of carbonyl (C=O) groups excluding carboxylic acids is 2. The van der Waals surface area contributed by atoms with Crippen LogP contribution in [-0.4, -0.2) is 11.8 Å². The zero-order chi connectivity index (χ0) is 18.1. The molecule has 0 bridgehead atoms. The van der Waals surface area contributed by atoms with E-state index in [9.17, 15) is 9.59 Å². The number of hydrogen-bond donors (Lipinski definition) is 2. The predicted octanol–water partition coefficient (Wildman–Crippen LogP) is 4.69. The molecule has 0 aliphatic carbocycles. The van der Waals surface area contributed by atoms with E-state index in [2.05, 4.69) is 29.7 Å². The third-order valence-corrected chi connectivity index (χ3v) is 4.95. The van der Waals surface area contributed by atoms with E-state index in [1.807, 2.05) is 29.6 Å². The second-order valence-corrected chi connectivity index (χ2v) is 7.15. The lowest BCUT2D eigenvalue weighted by Gasteiger charge is -2.16. The third kappa shape index (κ3) is 6.70. The van der Waals surface area contributed by atoms with E-state index in [0.717, 1.165) is 17.0 Å². The summed E-state index contributed by atoms with van der Waals surface area (Å²) in [5.41, 5.74) is 2.08. The highest BCUT2D eigenvalue weighted by molar-refractivity contribution is 7.10. The maximum atomic E-state index is 12.3. The Morgan fingerprint density at radius 3 is 2.48 bits per heavy atom. The van der Waals surface area contributed by atoms with Gasteiger partial charge in [0, 0.05) is 17.5 Å². The van der Waals surface area contributed by atoms with Crippen LogP contribution >= 0.6 is 11.3 Å². The topological polar surface area (TPSA) is 58.2 Å². The average molecular weight is 359 g/mol. The SMILES string of the molecule is CCCCCc1ccc(NC(=O)CC(NC(C)=O)c2cccs2)cc1. The summed E-state index contributed by atoms with van der Waals surface area (Å²) in [5.74, 6) is -0.242. The molecule has 0 fully saturated rings. The van der Waals surface area contributed by atoms with Gasteiger partial charge in [-0.1, -0.05) is 38.0 Å². The van der Waals surface area contributed by atoms with Crippen molar-refractivity contribution in [2.24, 2.45) is 0 Å². The molecule has 2 amide bonds. The maximum absolute atomic E-state index is 12.3. The highest BCUT2D eigenvalue weighted by Gasteiger charge is 2.18. The van der Waals surface area contributed by atoms with Crippen LogP contribution in [-0.2, 0) is 16.0 Å². The van der Waals surface area contributed by atoms with Crippen LogP contribution in [0.3, 0.4) is 0 Å². The Kier molecular flexibility index (Phi) is 7.67. The first-order chi connectivity index (χ1) is 12.1. The van der Waals surface area contributed by atoms with Gasteiger partial charge < -0.3 is 10.6 Å². The zero-order valence-electron chi connectivity index (χ0n) is 14.9. The van der Waals surface area contributed by atoms with Crippen LogP contribution in [0.25, 0.3) is 0 Å². The molecule has 134 valence electrons. The first-order valence-corrected chi connectivity index (χ1v) is 9.65. The summed E-state index contributed by atoms with van der Waals surface area (Å²) in [6.07, 6.45) is 4.95. The lowest BCUT2D eigenvalue weighted by molar-refractivity contribution is -0.120. The normalized spacial score (nSPS) is 11.8. The fraction of sp³-hybridized carbons (Fsp3) is 0.400. The van der Waals surface area contributed by atoms with Gasteiger partial charge in [-0.2, -0.15) is 0 Å². The van der Waals surface area contributed by atoms with Crippen LogP contribution in [0.1, 0.15) is 56.0 Å². The molecular formula is C20H26N2O2S. The van der Waals surface area contributed by atoms with Crippen molar-refractivity contribution in [1.82, 2.24) is 5.32 Å². The summed E-state index contributed by atoms with van der Waals surface area (Å²) >= 11 is 1.54. The van der Waals surface area contributed by atoms with Gasteiger partial charge in [-0.25, -0.2) is 0 Å². The number of rotatable bonds is 9. The summed E-state index contributed by atoms with van der Waals surface area (Å²) in [4.78, 5) is 24.7. The van der Waals surface area contributed by atoms with Crippen LogP contribution < -0.4 is 10.6 Å². The number of hydrogen-bond acceptors (Lipinski definition) is 3. The van der Waals surface area contributed by atoms with Gasteiger partial charge in [0.05, 0.1) is 12.5 Å². The average Bonchev–Trinajstić information content (AvgIpc) is 3.10. The van der Waals surface area contributed by atoms with Crippen molar-refractivity contribution in [2.75, 3.05) is 5.32 Å². The van der Waals surface area contributed by atoms with Crippen LogP contribution in [0, 0.1) is 0 Å². The van der Waals surface area contributed by atoms with Crippen LogP contribution in [0.4, 0.5) is 5.69 Å². The lowest BCUT2D eigenvalue weighted by atomic mass is 10.1. The van der Waals surface area contributed by atoms with Crippen LogP contribution in [0.2, 0.25) is 0 Å². The van der Waals surface area contributed by atoms with Crippen LogP contribution in [0.5, 0.6) is 0 Å². The third-order valence-electron chi connectivity index (χ3n) is 3.96. The van der Waals surface area contributed by atoms with E-state index in [4.69, 9.17) is 0 Å². The van der Waals surface area contributed by atoms with Gasteiger partial charge in [-0.05, 0) is 42.0 Å². The smallest absolute Gasteiger partial charge is 0.226 e. The van der Waals surface area contributed by atoms with Gasteiger partial charge in [-0.3, -0.25) is 9.59 Å². The quantitative estimate of drug-likeness (QED) is 0.639. The minimum absolute atomic E-state index is 0.106. The molecule has 0 aliphatic heterocycles. The van der Waals surface area contributed by atoms with E-state index in [0.29, 0.717) is 0 Å². The van der Waals surface area contributed by atoms with Crippen LogP contribution in [0.15, 0.2) is 41.8 Å². The minimum atomic E-state index is -0.286. The largest absolute Gasteiger partial charge is 0.348 e. The molecule has 1 heterocycles. The lowest BCUT2D eigenvalue weighted by Crippen LogP contribution is -2.29. The Morgan fingerprint density at radius 2 is 1.88 bits per heavy atom. The Morgan fingerprint density at radius 1 is 1.12 bits per heavy atom.